The van der Waals surface area contributed by atoms with Crippen molar-refractivity contribution < 1.29 is 22.5 Å². The zero-order valence-corrected chi connectivity index (χ0v) is 8.08. The maximum absolute atomic E-state index is 10.6. The quantitative estimate of drug-likeness (QED) is 0.327. The first-order chi connectivity index (χ1) is 5.95. The Morgan fingerprint density at radius 3 is 2.50 bits per heavy atom. The van der Waals surface area contributed by atoms with Crippen molar-refractivity contribution in [3.8, 4) is 0 Å². The second-order valence-corrected chi connectivity index (χ2v) is 3.88. The van der Waals surface area contributed by atoms with E-state index in [-0.39, 0.29) is 71.2 Å². The molecule has 0 heterocycles. The third kappa shape index (κ3) is 12.9. The molecule has 0 aromatic carbocycles. The molecule has 0 aromatic rings. The molecule has 1 N–H and O–H groups in total. The molecule has 7 heteroatoms. The Balaban J connectivity index is 0. The van der Waals surface area contributed by atoms with E-state index < -0.39 is 21.8 Å². The number of esters is 1. The van der Waals surface area contributed by atoms with Crippen LogP contribution in [0.1, 0.15) is 13.3 Å². The molecule has 0 atom stereocenters. The van der Waals surface area contributed by atoms with E-state index in [0.717, 1.165) is 0 Å². The number of carbonyl (C=O) groups excluding carboxylic acids is 1. The standard InChI is InChI=1S/C7H12O5S.Rb.H/c1-2-4-7(8)12-5-3-6-13(9,10)11;;/h2,4H,3,5-6H2,1H3,(H,9,10,11);;. The van der Waals surface area contributed by atoms with Gasteiger partial charge in [-0.15, -0.1) is 0 Å². The van der Waals surface area contributed by atoms with Crippen molar-refractivity contribution in [2.75, 3.05) is 12.4 Å². The van der Waals surface area contributed by atoms with Crippen molar-refractivity contribution in [1.82, 2.24) is 0 Å². The third-order valence-electron chi connectivity index (χ3n) is 1.09. The van der Waals surface area contributed by atoms with Crippen LogP contribution in [-0.4, -0.2) is 89.5 Å². The van der Waals surface area contributed by atoms with Crippen LogP contribution in [0.25, 0.3) is 0 Å². The summed E-state index contributed by atoms with van der Waals surface area (Å²) in [5.74, 6) is -0.909. The molecule has 0 bridgehead atoms. The van der Waals surface area contributed by atoms with E-state index in [1.54, 1.807) is 6.92 Å². The average molecular weight is 295 g/mol. The number of ether oxygens (including phenoxy) is 1. The number of allylic oxidation sites excluding steroid dienone is 1. The van der Waals surface area contributed by atoms with Gasteiger partial charge in [-0.1, -0.05) is 6.08 Å². The molecule has 0 saturated carbocycles. The van der Waals surface area contributed by atoms with Gasteiger partial charge in [0.1, 0.15) is 0 Å². The summed E-state index contributed by atoms with van der Waals surface area (Å²) < 4.78 is 33.3. The summed E-state index contributed by atoms with van der Waals surface area (Å²) in [4.78, 5) is 10.6. The van der Waals surface area contributed by atoms with Gasteiger partial charge in [0.2, 0.25) is 0 Å². The first kappa shape index (κ1) is 17.3. The van der Waals surface area contributed by atoms with Crippen molar-refractivity contribution in [2.45, 2.75) is 13.3 Å². The summed E-state index contributed by atoms with van der Waals surface area (Å²) in [7, 11) is -3.94. The van der Waals surface area contributed by atoms with Gasteiger partial charge in [-0.3, -0.25) is 4.55 Å². The predicted octanol–water partition coefficient (Wildman–Crippen LogP) is -0.265. The van der Waals surface area contributed by atoms with Gasteiger partial charge in [-0.2, -0.15) is 8.42 Å². The van der Waals surface area contributed by atoms with Gasteiger partial charge >= 0.3 is 64.2 Å². The fraction of sp³-hybridized carbons (Fsp3) is 0.571. The van der Waals surface area contributed by atoms with Crippen LogP contribution in [0.3, 0.4) is 0 Å². The monoisotopic (exact) mass is 294 g/mol. The van der Waals surface area contributed by atoms with Crippen molar-refractivity contribution in [1.29, 1.82) is 0 Å². The van der Waals surface area contributed by atoms with Crippen LogP contribution in [0.5, 0.6) is 0 Å². The Bertz CT molecular complexity index is 282. The summed E-state index contributed by atoms with van der Waals surface area (Å²) >= 11 is 0. The first-order valence-corrected chi connectivity index (χ1v) is 5.31. The molecule has 0 aromatic heterocycles. The van der Waals surface area contributed by atoms with Crippen molar-refractivity contribution in [3.63, 3.8) is 0 Å². The van der Waals surface area contributed by atoms with Crippen LogP contribution in [0.4, 0.5) is 0 Å². The van der Waals surface area contributed by atoms with Crippen LogP contribution in [0.2, 0.25) is 0 Å². The fourth-order valence-electron chi connectivity index (χ4n) is 0.598. The van der Waals surface area contributed by atoms with Crippen LogP contribution in [0.15, 0.2) is 12.2 Å². The summed E-state index contributed by atoms with van der Waals surface area (Å²) in [5, 5.41) is 0. The van der Waals surface area contributed by atoms with Gasteiger partial charge in [0.05, 0.1) is 12.4 Å². The summed E-state index contributed by atoms with van der Waals surface area (Å²) in [5.41, 5.74) is 0. The Hall–Kier alpha value is 0.925. The van der Waals surface area contributed by atoms with Crippen molar-refractivity contribution in [2.24, 2.45) is 0 Å². The van der Waals surface area contributed by atoms with E-state index in [4.69, 9.17) is 4.55 Å². The minimum absolute atomic E-state index is 0. The van der Waals surface area contributed by atoms with Gasteiger partial charge in [-0.25, -0.2) is 4.79 Å². The molecule has 0 aliphatic carbocycles. The van der Waals surface area contributed by atoms with E-state index in [1.165, 1.54) is 12.2 Å². The van der Waals surface area contributed by atoms with Gasteiger partial charge in [0, 0.05) is 6.08 Å². The van der Waals surface area contributed by atoms with Gasteiger partial charge < -0.3 is 4.74 Å². The number of hydrogen-bond donors (Lipinski definition) is 1. The maximum atomic E-state index is 10.6. The molecule has 14 heavy (non-hydrogen) atoms. The molecular weight excluding hydrogens is 282 g/mol. The van der Waals surface area contributed by atoms with E-state index in [1.807, 2.05) is 0 Å². The molecule has 0 aliphatic rings. The number of rotatable bonds is 5. The van der Waals surface area contributed by atoms with E-state index in [9.17, 15) is 13.2 Å². The summed E-state index contributed by atoms with van der Waals surface area (Å²) in [6, 6.07) is 0. The summed E-state index contributed by atoms with van der Waals surface area (Å²) in [6.07, 6.45) is 2.85. The fourth-order valence-corrected chi connectivity index (χ4v) is 1.08. The van der Waals surface area contributed by atoms with E-state index >= 15 is 0 Å². The SMILES string of the molecule is CC=CC(=O)OCCCS(=O)(=O)O.[RbH]. The number of carbonyl (C=O) groups is 1. The van der Waals surface area contributed by atoms with Crippen molar-refractivity contribution >= 4 is 74.3 Å². The molecular formula is C7H13O5RbS. The molecule has 0 saturated heterocycles. The van der Waals surface area contributed by atoms with Crippen LogP contribution in [0, 0.1) is 0 Å². The average Bonchev–Trinajstić information content (AvgIpc) is 1.97. The van der Waals surface area contributed by atoms with E-state index in [2.05, 4.69) is 4.74 Å². The van der Waals surface area contributed by atoms with Crippen LogP contribution < -0.4 is 0 Å². The zero-order chi connectivity index (χ0) is 10.3. The van der Waals surface area contributed by atoms with E-state index in [0.29, 0.717) is 0 Å². The Morgan fingerprint density at radius 1 is 1.50 bits per heavy atom. The molecule has 5 nitrogen and oxygen atoms in total. The van der Waals surface area contributed by atoms with Crippen LogP contribution >= 0.6 is 0 Å². The normalized spacial score (nSPS) is 11.0. The van der Waals surface area contributed by atoms with Crippen molar-refractivity contribution in [3.05, 3.63) is 12.2 Å². The molecule has 0 radical (unpaired) electrons. The Kier molecular flexibility index (Phi) is 11.4. The third-order valence-corrected chi connectivity index (χ3v) is 1.90. The molecule has 0 aliphatic heterocycles. The Labute approximate surface area is 132 Å². The molecule has 0 rings (SSSR count). The zero-order valence-electron chi connectivity index (χ0n) is 7.26. The summed E-state index contributed by atoms with van der Waals surface area (Å²) in [6.45, 7) is 1.66. The second-order valence-electron chi connectivity index (χ2n) is 2.31. The number of hydrogen-bond acceptors (Lipinski definition) is 4. The molecule has 0 fully saturated rings. The van der Waals surface area contributed by atoms with Crippen LogP contribution in [-0.2, 0) is 19.6 Å². The second kappa shape index (κ2) is 9.17. The molecule has 78 valence electrons. The van der Waals surface area contributed by atoms with Gasteiger partial charge in [-0.05, 0) is 13.3 Å². The molecule has 0 amide bonds. The van der Waals surface area contributed by atoms with Gasteiger partial charge in [0.15, 0.2) is 0 Å². The molecule has 0 spiro atoms. The predicted molar refractivity (Wildman–Crippen MR) is 54.0 cm³/mol. The van der Waals surface area contributed by atoms with Gasteiger partial charge in [0.25, 0.3) is 10.1 Å². The molecule has 0 unspecified atom stereocenters. The first-order valence-electron chi connectivity index (χ1n) is 3.70. The minimum atomic E-state index is -3.94. The topological polar surface area (TPSA) is 80.7 Å². The Morgan fingerprint density at radius 2 is 2.07 bits per heavy atom.